The molecule has 0 spiro atoms. The largest absolute Gasteiger partial charge is 0.478 e. The highest BCUT2D eigenvalue weighted by Gasteiger charge is 2.39. The van der Waals surface area contributed by atoms with Crippen molar-refractivity contribution < 1.29 is 27.9 Å². The van der Waals surface area contributed by atoms with Crippen LogP contribution < -0.4 is 5.32 Å². The van der Waals surface area contributed by atoms with Gasteiger partial charge in [0.05, 0.1) is 16.3 Å². The van der Waals surface area contributed by atoms with Crippen LogP contribution in [0.5, 0.6) is 0 Å². The van der Waals surface area contributed by atoms with Crippen molar-refractivity contribution in [3.63, 3.8) is 0 Å². The van der Waals surface area contributed by atoms with Crippen LogP contribution in [0.3, 0.4) is 0 Å². The fraction of sp³-hybridized carbons (Fsp3) is 0.200. The topological polar surface area (TPSA) is 66.4 Å². The lowest BCUT2D eigenvalue weighted by molar-refractivity contribution is -0.167. The van der Waals surface area contributed by atoms with Crippen LogP contribution in [-0.2, 0) is 4.79 Å². The Bertz CT molecular complexity index is 514. The zero-order valence-corrected chi connectivity index (χ0v) is 9.69. The summed E-state index contributed by atoms with van der Waals surface area (Å²) in [5.41, 5.74) is -0.650. The molecule has 1 amide bonds. The van der Waals surface area contributed by atoms with E-state index in [-0.39, 0.29) is 21.8 Å². The SMILES string of the molecule is Cc1c(C(=O)O)ccc(Cl)c1NC(=O)C(F)(F)F. The van der Waals surface area contributed by atoms with Gasteiger partial charge in [-0.15, -0.1) is 0 Å². The Kier molecular flexibility index (Phi) is 3.85. The van der Waals surface area contributed by atoms with Crippen molar-refractivity contribution >= 4 is 29.2 Å². The molecule has 1 aromatic rings. The molecule has 98 valence electrons. The smallest absolute Gasteiger partial charge is 0.471 e. The van der Waals surface area contributed by atoms with Crippen LogP contribution in [0.15, 0.2) is 12.1 Å². The number of carbonyl (C=O) groups excluding carboxylic acids is 1. The number of alkyl halides is 3. The van der Waals surface area contributed by atoms with Gasteiger partial charge < -0.3 is 10.4 Å². The van der Waals surface area contributed by atoms with E-state index in [1.54, 1.807) is 5.32 Å². The minimum atomic E-state index is -5.07. The van der Waals surface area contributed by atoms with E-state index in [1.807, 2.05) is 0 Å². The summed E-state index contributed by atoms with van der Waals surface area (Å²) >= 11 is 5.63. The highest BCUT2D eigenvalue weighted by molar-refractivity contribution is 6.34. The van der Waals surface area contributed by atoms with E-state index < -0.39 is 18.1 Å². The number of rotatable bonds is 2. The highest BCUT2D eigenvalue weighted by Crippen LogP contribution is 2.30. The van der Waals surface area contributed by atoms with Crippen molar-refractivity contribution in [1.82, 2.24) is 0 Å². The van der Waals surface area contributed by atoms with Gasteiger partial charge in [0.15, 0.2) is 0 Å². The third-order valence-electron chi connectivity index (χ3n) is 2.14. The third kappa shape index (κ3) is 2.92. The van der Waals surface area contributed by atoms with E-state index >= 15 is 0 Å². The second-order valence-electron chi connectivity index (χ2n) is 3.35. The van der Waals surface area contributed by atoms with Gasteiger partial charge in [0.2, 0.25) is 0 Å². The molecular formula is C10H7ClF3NO3. The molecule has 1 aromatic carbocycles. The molecule has 0 atom stereocenters. The number of carbonyl (C=O) groups is 2. The summed E-state index contributed by atoms with van der Waals surface area (Å²) in [6, 6.07) is 2.24. The van der Waals surface area contributed by atoms with Crippen LogP contribution in [0, 0.1) is 6.92 Å². The molecule has 0 bridgehead atoms. The van der Waals surface area contributed by atoms with E-state index in [0.29, 0.717) is 0 Å². The second-order valence-corrected chi connectivity index (χ2v) is 3.76. The number of carboxylic acid groups (broad SMARTS) is 1. The molecule has 0 aliphatic heterocycles. The minimum absolute atomic E-state index is 0.0485. The number of nitrogens with one attached hydrogen (secondary N) is 1. The van der Waals surface area contributed by atoms with Gasteiger partial charge in [-0.1, -0.05) is 11.6 Å². The Balaban J connectivity index is 3.21. The molecule has 0 radical (unpaired) electrons. The second kappa shape index (κ2) is 4.85. The summed E-state index contributed by atoms with van der Waals surface area (Å²) in [6.07, 6.45) is -5.07. The Morgan fingerprint density at radius 1 is 1.33 bits per heavy atom. The van der Waals surface area contributed by atoms with Crippen molar-refractivity contribution in [2.75, 3.05) is 5.32 Å². The van der Waals surface area contributed by atoms with Gasteiger partial charge in [-0.2, -0.15) is 13.2 Å². The number of hydrogen-bond donors (Lipinski definition) is 2. The first-order valence-electron chi connectivity index (χ1n) is 4.55. The van der Waals surface area contributed by atoms with E-state index in [9.17, 15) is 22.8 Å². The van der Waals surface area contributed by atoms with E-state index in [4.69, 9.17) is 16.7 Å². The van der Waals surface area contributed by atoms with Crippen LogP contribution in [0.1, 0.15) is 15.9 Å². The fourth-order valence-corrected chi connectivity index (χ4v) is 1.50. The van der Waals surface area contributed by atoms with Crippen molar-refractivity contribution in [3.8, 4) is 0 Å². The first kappa shape index (κ1) is 14.3. The van der Waals surface area contributed by atoms with E-state index in [1.165, 1.54) is 6.92 Å². The molecule has 4 nitrogen and oxygen atoms in total. The maximum atomic E-state index is 12.1. The molecule has 0 unspecified atom stereocenters. The number of anilines is 1. The fourth-order valence-electron chi connectivity index (χ4n) is 1.25. The van der Waals surface area contributed by atoms with Crippen LogP contribution in [0.2, 0.25) is 5.02 Å². The van der Waals surface area contributed by atoms with Crippen molar-refractivity contribution in [2.24, 2.45) is 0 Å². The molecule has 0 saturated heterocycles. The van der Waals surface area contributed by atoms with Crippen molar-refractivity contribution in [2.45, 2.75) is 13.1 Å². The number of hydrogen-bond acceptors (Lipinski definition) is 2. The highest BCUT2D eigenvalue weighted by atomic mass is 35.5. The van der Waals surface area contributed by atoms with Crippen LogP contribution in [0.4, 0.5) is 18.9 Å². The Hall–Kier alpha value is -1.76. The van der Waals surface area contributed by atoms with Crippen molar-refractivity contribution in [3.05, 3.63) is 28.3 Å². The molecule has 0 aliphatic carbocycles. The minimum Gasteiger partial charge on any atom is -0.478 e. The van der Waals surface area contributed by atoms with Gasteiger partial charge in [0, 0.05) is 0 Å². The first-order chi connectivity index (χ1) is 8.14. The molecule has 1 rings (SSSR count). The predicted molar refractivity (Wildman–Crippen MR) is 57.8 cm³/mol. The lowest BCUT2D eigenvalue weighted by atomic mass is 10.1. The number of benzene rings is 1. The Morgan fingerprint density at radius 2 is 1.89 bits per heavy atom. The number of amides is 1. The molecule has 0 saturated carbocycles. The maximum absolute atomic E-state index is 12.1. The summed E-state index contributed by atoms with van der Waals surface area (Å²) in [6.45, 7) is 1.25. The predicted octanol–water partition coefficient (Wildman–Crippen LogP) is 2.85. The summed E-state index contributed by atoms with van der Waals surface area (Å²) in [4.78, 5) is 21.6. The first-order valence-corrected chi connectivity index (χ1v) is 4.93. The van der Waals surface area contributed by atoms with Gasteiger partial charge in [-0.05, 0) is 24.6 Å². The van der Waals surface area contributed by atoms with Crippen LogP contribution in [0.25, 0.3) is 0 Å². The average Bonchev–Trinajstić information content (AvgIpc) is 2.21. The molecule has 0 heterocycles. The van der Waals surface area contributed by atoms with Gasteiger partial charge in [-0.25, -0.2) is 4.79 Å². The lowest BCUT2D eigenvalue weighted by Crippen LogP contribution is -2.30. The van der Waals surface area contributed by atoms with Gasteiger partial charge in [0.25, 0.3) is 0 Å². The van der Waals surface area contributed by atoms with E-state index in [2.05, 4.69) is 0 Å². The lowest BCUT2D eigenvalue weighted by Gasteiger charge is -2.13. The van der Waals surface area contributed by atoms with Crippen LogP contribution >= 0.6 is 11.6 Å². The standard InChI is InChI=1S/C10H7ClF3NO3/c1-4-5(8(16)17)2-3-6(11)7(4)15-9(18)10(12,13)14/h2-3H,1H3,(H,15,18)(H,16,17). The molecular weight excluding hydrogens is 275 g/mol. The summed E-state index contributed by atoms with van der Waals surface area (Å²) in [7, 11) is 0. The monoisotopic (exact) mass is 281 g/mol. The summed E-state index contributed by atoms with van der Waals surface area (Å²) in [5.74, 6) is -3.54. The van der Waals surface area contributed by atoms with Crippen LogP contribution in [-0.4, -0.2) is 23.2 Å². The number of carboxylic acids is 1. The summed E-state index contributed by atoms with van der Waals surface area (Å²) in [5, 5.41) is 10.2. The Labute approximate surface area is 104 Å². The third-order valence-corrected chi connectivity index (χ3v) is 2.46. The molecule has 0 fully saturated rings. The van der Waals surface area contributed by atoms with E-state index in [0.717, 1.165) is 12.1 Å². The molecule has 8 heteroatoms. The number of aromatic carboxylic acids is 1. The van der Waals surface area contributed by atoms with Gasteiger partial charge in [0.1, 0.15) is 0 Å². The Morgan fingerprint density at radius 3 is 2.33 bits per heavy atom. The normalized spacial score (nSPS) is 11.2. The molecule has 18 heavy (non-hydrogen) atoms. The molecule has 0 aromatic heterocycles. The van der Waals surface area contributed by atoms with Gasteiger partial charge >= 0.3 is 18.1 Å². The molecule has 0 aliphatic rings. The summed E-state index contributed by atoms with van der Waals surface area (Å²) < 4.78 is 36.3. The number of halogens is 4. The zero-order chi connectivity index (χ0) is 14.1. The van der Waals surface area contributed by atoms with Crippen molar-refractivity contribution in [1.29, 1.82) is 0 Å². The quantitative estimate of drug-likeness (QED) is 0.876. The molecule has 2 N–H and O–H groups in total. The average molecular weight is 282 g/mol. The van der Waals surface area contributed by atoms with Gasteiger partial charge in [-0.3, -0.25) is 4.79 Å². The maximum Gasteiger partial charge on any atom is 0.471 e. The zero-order valence-electron chi connectivity index (χ0n) is 8.93.